The maximum Gasteiger partial charge on any atom is 0.0867 e. The number of hydrogen-bond donors (Lipinski definition) is 2. The first-order valence-corrected chi connectivity index (χ1v) is 5.36. The maximum atomic E-state index is 10.5. The Morgan fingerprint density at radius 1 is 1.43 bits per heavy atom. The average molecular weight is 193 g/mol. The third-order valence-corrected chi connectivity index (χ3v) is 3.89. The average Bonchev–Trinajstić information content (AvgIpc) is 2.92. The van der Waals surface area contributed by atoms with Gasteiger partial charge in [-0.05, 0) is 31.6 Å². The van der Waals surface area contributed by atoms with E-state index in [1.54, 1.807) is 0 Å². The van der Waals surface area contributed by atoms with E-state index in [2.05, 4.69) is 13.0 Å². The highest BCUT2D eigenvalue weighted by Gasteiger charge is 2.54. The Morgan fingerprint density at radius 3 is 2.57 bits per heavy atom. The molecule has 2 rings (SSSR count). The fourth-order valence-electron chi connectivity index (χ4n) is 2.39. The highest BCUT2D eigenvalue weighted by molar-refractivity contribution is 5.29. The molecule has 0 saturated heterocycles. The standard InChI is InChI=1S/C12H19NO/c1-9-5-3-4-8-12(9,13)11(2,14)10-6-7-10/h3-5,8-10,14H,6-7,13H2,1-2H3. The molecule has 0 radical (unpaired) electrons. The van der Waals surface area contributed by atoms with Crippen molar-refractivity contribution in [1.82, 2.24) is 0 Å². The molecular formula is C12H19NO. The minimum Gasteiger partial charge on any atom is -0.388 e. The van der Waals surface area contributed by atoms with Gasteiger partial charge >= 0.3 is 0 Å². The highest BCUT2D eigenvalue weighted by atomic mass is 16.3. The van der Waals surface area contributed by atoms with Gasteiger partial charge in [-0.3, -0.25) is 0 Å². The molecule has 0 spiro atoms. The molecule has 0 aromatic rings. The maximum absolute atomic E-state index is 10.5. The van der Waals surface area contributed by atoms with Crippen molar-refractivity contribution in [3.8, 4) is 0 Å². The van der Waals surface area contributed by atoms with Crippen LogP contribution in [0.2, 0.25) is 0 Å². The fourth-order valence-corrected chi connectivity index (χ4v) is 2.39. The lowest BCUT2D eigenvalue weighted by Gasteiger charge is -2.45. The Labute approximate surface area is 85.5 Å². The largest absolute Gasteiger partial charge is 0.388 e. The van der Waals surface area contributed by atoms with Gasteiger partial charge in [0.1, 0.15) is 0 Å². The molecule has 14 heavy (non-hydrogen) atoms. The van der Waals surface area contributed by atoms with Crippen LogP contribution in [-0.4, -0.2) is 16.2 Å². The summed E-state index contributed by atoms with van der Waals surface area (Å²) in [6, 6.07) is 0. The molecule has 3 N–H and O–H groups in total. The summed E-state index contributed by atoms with van der Waals surface area (Å²) >= 11 is 0. The molecule has 0 heterocycles. The molecule has 2 heteroatoms. The molecule has 0 aromatic carbocycles. The fraction of sp³-hybridized carbons (Fsp3) is 0.667. The van der Waals surface area contributed by atoms with Gasteiger partial charge in [0.2, 0.25) is 0 Å². The van der Waals surface area contributed by atoms with Gasteiger partial charge in [-0.25, -0.2) is 0 Å². The highest BCUT2D eigenvalue weighted by Crippen LogP contribution is 2.47. The molecule has 1 fully saturated rings. The van der Waals surface area contributed by atoms with E-state index in [1.807, 2.05) is 25.2 Å². The topological polar surface area (TPSA) is 46.2 Å². The van der Waals surface area contributed by atoms with Crippen LogP contribution in [0.1, 0.15) is 26.7 Å². The van der Waals surface area contributed by atoms with Gasteiger partial charge < -0.3 is 10.8 Å². The molecule has 0 aromatic heterocycles. The predicted molar refractivity (Wildman–Crippen MR) is 57.7 cm³/mol. The summed E-state index contributed by atoms with van der Waals surface area (Å²) in [6.07, 6.45) is 10.2. The Hall–Kier alpha value is -0.600. The lowest BCUT2D eigenvalue weighted by molar-refractivity contribution is -0.0333. The van der Waals surface area contributed by atoms with E-state index in [9.17, 15) is 5.11 Å². The summed E-state index contributed by atoms with van der Waals surface area (Å²) in [5.74, 6) is 0.578. The number of nitrogens with two attached hydrogens (primary N) is 1. The summed E-state index contributed by atoms with van der Waals surface area (Å²) in [5, 5.41) is 10.5. The molecule has 0 bridgehead atoms. The zero-order chi connectivity index (χ0) is 10.4. The molecule has 2 nitrogen and oxygen atoms in total. The Morgan fingerprint density at radius 2 is 2.07 bits per heavy atom. The molecule has 0 amide bonds. The minimum absolute atomic E-state index is 0.197. The molecule has 2 aliphatic carbocycles. The minimum atomic E-state index is -0.770. The van der Waals surface area contributed by atoms with Crippen LogP contribution in [0.15, 0.2) is 24.3 Å². The molecular weight excluding hydrogens is 174 g/mol. The van der Waals surface area contributed by atoms with Crippen molar-refractivity contribution in [2.45, 2.75) is 37.8 Å². The van der Waals surface area contributed by atoms with Crippen molar-refractivity contribution < 1.29 is 5.11 Å². The van der Waals surface area contributed by atoms with Crippen LogP contribution >= 0.6 is 0 Å². The third-order valence-electron chi connectivity index (χ3n) is 3.89. The van der Waals surface area contributed by atoms with E-state index in [0.717, 1.165) is 12.8 Å². The second-order valence-corrected chi connectivity index (χ2v) is 4.89. The van der Waals surface area contributed by atoms with Crippen LogP contribution in [0.5, 0.6) is 0 Å². The Kier molecular flexibility index (Phi) is 2.09. The van der Waals surface area contributed by atoms with Gasteiger partial charge in [-0.15, -0.1) is 0 Å². The van der Waals surface area contributed by atoms with Crippen molar-refractivity contribution in [3.05, 3.63) is 24.3 Å². The Bertz CT molecular complexity index is 289. The smallest absolute Gasteiger partial charge is 0.0867 e. The number of hydrogen-bond acceptors (Lipinski definition) is 2. The Balaban J connectivity index is 2.30. The van der Waals surface area contributed by atoms with Crippen molar-refractivity contribution >= 4 is 0 Å². The van der Waals surface area contributed by atoms with Crippen LogP contribution in [0.3, 0.4) is 0 Å². The van der Waals surface area contributed by atoms with Crippen LogP contribution in [0.25, 0.3) is 0 Å². The van der Waals surface area contributed by atoms with Crippen LogP contribution in [0.4, 0.5) is 0 Å². The van der Waals surface area contributed by atoms with E-state index in [0.29, 0.717) is 5.92 Å². The van der Waals surface area contributed by atoms with E-state index >= 15 is 0 Å². The zero-order valence-electron chi connectivity index (χ0n) is 8.90. The van der Waals surface area contributed by atoms with Gasteiger partial charge in [0.15, 0.2) is 0 Å². The lowest BCUT2D eigenvalue weighted by atomic mass is 9.69. The first kappa shape index (κ1) is 9.94. The van der Waals surface area contributed by atoms with Crippen LogP contribution in [-0.2, 0) is 0 Å². The van der Waals surface area contributed by atoms with Gasteiger partial charge in [0, 0.05) is 0 Å². The van der Waals surface area contributed by atoms with Gasteiger partial charge in [0.25, 0.3) is 0 Å². The number of aliphatic hydroxyl groups is 1. The molecule has 1 saturated carbocycles. The number of allylic oxidation sites excluding steroid dienone is 2. The third kappa shape index (κ3) is 1.25. The van der Waals surface area contributed by atoms with Crippen molar-refractivity contribution in [2.75, 3.05) is 0 Å². The molecule has 3 unspecified atom stereocenters. The summed E-state index contributed by atoms with van der Waals surface area (Å²) in [6.45, 7) is 3.95. The first-order chi connectivity index (χ1) is 6.48. The normalized spacial score (nSPS) is 41.0. The monoisotopic (exact) mass is 193 g/mol. The summed E-state index contributed by atoms with van der Waals surface area (Å²) in [4.78, 5) is 0. The SMILES string of the molecule is CC1C=CC=CC1(N)C(C)(O)C1CC1. The quantitative estimate of drug-likeness (QED) is 0.700. The van der Waals surface area contributed by atoms with E-state index in [-0.39, 0.29) is 5.92 Å². The summed E-state index contributed by atoms with van der Waals surface area (Å²) in [5.41, 5.74) is 4.97. The molecule has 0 aliphatic heterocycles. The second kappa shape index (κ2) is 2.94. The van der Waals surface area contributed by atoms with Crippen molar-refractivity contribution in [2.24, 2.45) is 17.6 Å². The second-order valence-electron chi connectivity index (χ2n) is 4.89. The molecule has 78 valence electrons. The van der Waals surface area contributed by atoms with Gasteiger partial charge in [-0.2, -0.15) is 0 Å². The van der Waals surface area contributed by atoms with Crippen LogP contribution in [0, 0.1) is 11.8 Å². The first-order valence-electron chi connectivity index (χ1n) is 5.36. The van der Waals surface area contributed by atoms with Gasteiger partial charge in [-0.1, -0.05) is 31.2 Å². The van der Waals surface area contributed by atoms with E-state index in [1.165, 1.54) is 0 Å². The van der Waals surface area contributed by atoms with E-state index in [4.69, 9.17) is 5.73 Å². The van der Waals surface area contributed by atoms with Gasteiger partial charge in [0.05, 0.1) is 11.1 Å². The number of rotatable bonds is 2. The zero-order valence-corrected chi connectivity index (χ0v) is 8.90. The lowest BCUT2D eigenvalue weighted by Crippen LogP contribution is -2.62. The van der Waals surface area contributed by atoms with Crippen molar-refractivity contribution in [1.29, 1.82) is 0 Å². The molecule has 3 atom stereocenters. The molecule has 2 aliphatic rings. The van der Waals surface area contributed by atoms with E-state index < -0.39 is 11.1 Å². The van der Waals surface area contributed by atoms with Crippen molar-refractivity contribution in [3.63, 3.8) is 0 Å². The summed E-state index contributed by atoms with van der Waals surface area (Å²) in [7, 11) is 0. The predicted octanol–water partition coefficient (Wildman–Crippen LogP) is 1.61. The summed E-state index contributed by atoms with van der Waals surface area (Å²) < 4.78 is 0. The van der Waals surface area contributed by atoms with Crippen LogP contribution < -0.4 is 5.73 Å².